The van der Waals surface area contributed by atoms with Crippen LogP contribution in [0.4, 0.5) is 4.39 Å². The molecule has 0 bridgehead atoms. The maximum atomic E-state index is 13.0. The number of halogens is 1. The molecule has 0 aromatic heterocycles. The molecule has 1 saturated heterocycles. The molecule has 1 aliphatic rings. The van der Waals surface area contributed by atoms with Gasteiger partial charge in [-0.15, -0.1) is 0 Å². The van der Waals surface area contributed by atoms with Crippen LogP contribution in [-0.4, -0.2) is 41.8 Å². The van der Waals surface area contributed by atoms with Crippen LogP contribution in [0.25, 0.3) is 0 Å². The van der Waals surface area contributed by atoms with E-state index in [0.717, 1.165) is 6.07 Å². The number of hydrogen-bond donors (Lipinski definition) is 2. The first-order chi connectivity index (χ1) is 9.93. The van der Waals surface area contributed by atoms with Gasteiger partial charge in [0.25, 0.3) is 5.91 Å². The molecule has 114 valence electrons. The Kier molecular flexibility index (Phi) is 4.42. The molecule has 7 heteroatoms. The molecule has 1 aliphatic heterocycles. The molecule has 21 heavy (non-hydrogen) atoms. The van der Waals surface area contributed by atoms with Crippen molar-refractivity contribution in [2.45, 2.75) is 25.0 Å². The third-order valence-electron chi connectivity index (χ3n) is 3.27. The predicted octanol–water partition coefficient (Wildman–Crippen LogP) is 0.953. The molecule has 1 amide bonds. The number of aliphatic carboxylic acids is 1. The van der Waals surface area contributed by atoms with E-state index in [0.29, 0.717) is 0 Å². The Morgan fingerprint density at radius 2 is 2.29 bits per heavy atom. The molecule has 6 nitrogen and oxygen atoms in total. The topological polar surface area (TPSA) is 84.9 Å². The van der Waals surface area contributed by atoms with Crippen molar-refractivity contribution in [1.29, 1.82) is 0 Å². The van der Waals surface area contributed by atoms with E-state index in [1.807, 2.05) is 0 Å². The third kappa shape index (κ3) is 3.49. The van der Waals surface area contributed by atoms with Gasteiger partial charge in [-0.3, -0.25) is 4.79 Å². The summed E-state index contributed by atoms with van der Waals surface area (Å²) >= 11 is 0. The fourth-order valence-electron chi connectivity index (χ4n) is 2.02. The van der Waals surface area contributed by atoms with Crippen LogP contribution in [0.15, 0.2) is 24.3 Å². The smallest absolute Gasteiger partial charge is 0.331 e. The highest BCUT2D eigenvalue weighted by atomic mass is 19.1. The second-order valence-electron chi connectivity index (χ2n) is 4.90. The second kappa shape index (κ2) is 6.09. The normalized spacial score (nSPS) is 22.6. The molecule has 0 saturated carbocycles. The molecule has 1 aromatic carbocycles. The molecule has 1 aromatic rings. The zero-order valence-electron chi connectivity index (χ0n) is 11.5. The van der Waals surface area contributed by atoms with E-state index in [1.54, 1.807) is 0 Å². The van der Waals surface area contributed by atoms with Crippen LogP contribution in [-0.2, 0) is 14.3 Å². The van der Waals surface area contributed by atoms with Crippen molar-refractivity contribution < 1.29 is 28.6 Å². The standard InChI is InChI=1S/C14H16FNO5/c1-9(21-11-4-2-3-10(15)7-11)12(17)16-14(13(18)19)5-6-20-8-14/h2-4,7,9H,5-6,8H2,1H3,(H,16,17)(H,18,19). The van der Waals surface area contributed by atoms with Gasteiger partial charge in [-0.2, -0.15) is 0 Å². The molecular weight excluding hydrogens is 281 g/mol. The molecule has 2 N–H and O–H groups in total. The Balaban J connectivity index is 2.01. The third-order valence-corrected chi connectivity index (χ3v) is 3.27. The number of hydrogen-bond acceptors (Lipinski definition) is 4. The molecule has 1 fully saturated rings. The van der Waals surface area contributed by atoms with Crippen LogP contribution in [0, 0.1) is 5.82 Å². The van der Waals surface area contributed by atoms with Gasteiger partial charge in [0, 0.05) is 19.1 Å². The lowest BCUT2D eigenvalue weighted by Gasteiger charge is -2.25. The minimum atomic E-state index is -1.42. The van der Waals surface area contributed by atoms with Crippen LogP contribution >= 0.6 is 0 Å². The largest absolute Gasteiger partial charge is 0.481 e. The quantitative estimate of drug-likeness (QED) is 0.845. The molecule has 2 atom stereocenters. The number of carboxylic acids is 1. The maximum Gasteiger partial charge on any atom is 0.331 e. The lowest BCUT2D eigenvalue weighted by Crippen LogP contribution is -2.57. The van der Waals surface area contributed by atoms with E-state index in [-0.39, 0.29) is 25.4 Å². The molecule has 2 unspecified atom stereocenters. The van der Waals surface area contributed by atoms with Gasteiger partial charge in [-0.05, 0) is 19.1 Å². The number of benzene rings is 1. The average molecular weight is 297 g/mol. The highest BCUT2D eigenvalue weighted by Crippen LogP contribution is 2.20. The van der Waals surface area contributed by atoms with Crippen LogP contribution in [0.5, 0.6) is 5.75 Å². The van der Waals surface area contributed by atoms with Gasteiger partial charge < -0.3 is 19.9 Å². The van der Waals surface area contributed by atoms with Crippen molar-refractivity contribution in [1.82, 2.24) is 5.32 Å². The summed E-state index contributed by atoms with van der Waals surface area (Å²) < 4.78 is 23.4. The van der Waals surface area contributed by atoms with Crippen molar-refractivity contribution >= 4 is 11.9 Å². The molecule has 0 radical (unpaired) electrons. The van der Waals surface area contributed by atoms with Gasteiger partial charge in [0.15, 0.2) is 11.6 Å². The Bertz CT molecular complexity index is 542. The number of amides is 1. The van der Waals surface area contributed by atoms with Crippen LogP contribution in [0.1, 0.15) is 13.3 Å². The van der Waals surface area contributed by atoms with Crippen molar-refractivity contribution in [3.05, 3.63) is 30.1 Å². The highest BCUT2D eigenvalue weighted by Gasteiger charge is 2.44. The first kappa shape index (κ1) is 15.2. The Labute approximate surface area is 120 Å². The van der Waals surface area contributed by atoms with Gasteiger partial charge in [-0.1, -0.05) is 6.07 Å². The predicted molar refractivity (Wildman–Crippen MR) is 70.4 cm³/mol. The zero-order valence-corrected chi connectivity index (χ0v) is 11.5. The molecular formula is C14H16FNO5. The van der Waals surface area contributed by atoms with Gasteiger partial charge >= 0.3 is 5.97 Å². The van der Waals surface area contributed by atoms with Crippen LogP contribution in [0.3, 0.4) is 0 Å². The van der Waals surface area contributed by atoms with Crippen molar-refractivity contribution in [2.24, 2.45) is 0 Å². The van der Waals surface area contributed by atoms with E-state index in [9.17, 15) is 19.1 Å². The Morgan fingerprint density at radius 3 is 2.86 bits per heavy atom. The highest BCUT2D eigenvalue weighted by molar-refractivity contribution is 5.89. The van der Waals surface area contributed by atoms with E-state index >= 15 is 0 Å². The first-order valence-electron chi connectivity index (χ1n) is 6.48. The summed E-state index contributed by atoms with van der Waals surface area (Å²) in [5.41, 5.74) is -1.42. The lowest BCUT2D eigenvalue weighted by molar-refractivity contribution is -0.148. The summed E-state index contributed by atoms with van der Waals surface area (Å²) in [6.07, 6.45) is -0.760. The summed E-state index contributed by atoms with van der Waals surface area (Å²) in [6, 6.07) is 5.37. The Morgan fingerprint density at radius 1 is 1.52 bits per heavy atom. The number of ether oxygens (including phenoxy) is 2. The monoisotopic (exact) mass is 297 g/mol. The number of nitrogens with one attached hydrogen (secondary N) is 1. The fourth-order valence-corrected chi connectivity index (χ4v) is 2.02. The summed E-state index contributed by atoms with van der Waals surface area (Å²) in [7, 11) is 0. The fraction of sp³-hybridized carbons (Fsp3) is 0.429. The minimum Gasteiger partial charge on any atom is -0.481 e. The average Bonchev–Trinajstić information content (AvgIpc) is 2.88. The lowest BCUT2D eigenvalue weighted by atomic mass is 9.98. The Hall–Kier alpha value is -2.15. The second-order valence-corrected chi connectivity index (χ2v) is 4.90. The zero-order chi connectivity index (χ0) is 15.5. The van der Waals surface area contributed by atoms with Gasteiger partial charge in [0.05, 0.1) is 6.61 Å². The molecule has 2 rings (SSSR count). The van der Waals surface area contributed by atoms with Crippen molar-refractivity contribution in [3.63, 3.8) is 0 Å². The van der Waals surface area contributed by atoms with Crippen molar-refractivity contribution in [2.75, 3.05) is 13.2 Å². The maximum absolute atomic E-state index is 13.0. The number of rotatable bonds is 5. The summed E-state index contributed by atoms with van der Waals surface area (Å²) in [5.74, 6) is -2.02. The minimum absolute atomic E-state index is 0.0826. The van der Waals surface area contributed by atoms with Crippen LogP contribution < -0.4 is 10.1 Å². The molecule has 0 spiro atoms. The first-order valence-corrected chi connectivity index (χ1v) is 6.48. The van der Waals surface area contributed by atoms with Crippen molar-refractivity contribution in [3.8, 4) is 5.75 Å². The van der Waals surface area contributed by atoms with Gasteiger partial charge in [0.1, 0.15) is 11.6 Å². The summed E-state index contributed by atoms with van der Waals surface area (Å²) in [5, 5.41) is 11.7. The van der Waals surface area contributed by atoms with E-state index in [1.165, 1.54) is 25.1 Å². The summed E-state index contributed by atoms with van der Waals surface area (Å²) in [6.45, 7) is 1.65. The summed E-state index contributed by atoms with van der Waals surface area (Å²) in [4.78, 5) is 23.3. The molecule has 1 heterocycles. The van der Waals surface area contributed by atoms with E-state index in [2.05, 4.69) is 5.32 Å². The van der Waals surface area contributed by atoms with Crippen LogP contribution in [0.2, 0.25) is 0 Å². The SMILES string of the molecule is CC(Oc1cccc(F)c1)C(=O)NC1(C(=O)O)CCOC1. The molecule has 0 aliphatic carbocycles. The van der Waals surface area contributed by atoms with E-state index < -0.39 is 29.3 Å². The number of carbonyl (C=O) groups excluding carboxylic acids is 1. The van der Waals surface area contributed by atoms with Gasteiger partial charge in [0.2, 0.25) is 0 Å². The van der Waals surface area contributed by atoms with Gasteiger partial charge in [-0.25, -0.2) is 9.18 Å². The number of carbonyl (C=O) groups is 2. The van der Waals surface area contributed by atoms with E-state index in [4.69, 9.17) is 9.47 Å². The number of carboxylic acid groups (broad SMARTS) is 1.